The van der Waals surface area contributed by atoms with Gasteiger partial charge in [0.2, 0.25) is 0 Å². The van der Waals surface area contributed by atoms with E-state index >= 15 is 0 Å². The molecule has 2 aromatic rings. The minimum Gasteiger partial charge on any atom is -0.449 e. The summed E-state index contributed by atoms with van der Waals surface area (Å²) >= 11 is 0. The van der Waals surface area contributed by atoms with Crippen molar-refractivity contribution in [1.29, 1.82) is 0 Å². The summed E-state index contributed by atoms with van der Waals surface area (Å²) in [5, 5.41) is 2.60. The maximum atomic E-state index is 12.2. The molecule has 0 radical (unpaired) electrons. The quantitative estimate of drug-likeness (QED) is 0.786. The van der Waals surface area contributed by atoms with E-state index in [1.807, 2.05) is 0 Å². The number of rotatable bonds is 4. The van der Waals surface area contributed by atoms with Gasteiger partial charge in [-0.05, 0) is 31.5 Å². The average molecular weight is 363 g/mol. The monoisotopic (exact) mass is 363 g/mol. The Kier molecular flexibility index (Phi) is 4.67. The first kappa shape index (κ1) is 17.3. The first-order chi connectivity index (χ1) is 11.8. The second kappa shape index (κ2) is 6.75. The summed E-state index contributed by atoms with van der Waals surface area (Å²) in [6.45, 7) is 1.44. The van der Waals surface area contributed by atoms with Crippen molar-refractivity contribution in [3.05, 3.63) is 36.2 Å². The molecule has 1 aromatic carbocycles. The average Bonchev–Trinajstić information content (AvgIpc) is 2.92. The maximum Gasteiger partial charge on any atom is 0.338 e. The van der Waals surface area contributed by atoms with Gasteiger partial charge in [0, 0.05) is 18.4 Å². The molecule has 0 unspecified atom stereocenters. The van der Waals surface area contributed by atoms with Crippen LogP contribution in [0.2, 0.25) is 0 Å². The fourth-order valence-electron chi connectivity index (χ4n) is 2.60. The number of benzene rings is 1. The second-order valence-corrected chi connectivity index (χ2v) is 8.14. The Labute approximate surface area is 144 Å². The minimum absolute atomic E-state index is 0.0598. The van der Waals surface area contributed by atoms with Gasteiger partial charge in [0.15, 0.2) is 15.9 Å². The fraction of sp³-hybridized carbons (Fsp3) is 0.375. The van der Waals surface area contributed by atoms with Crippen molar-refractivity contribution in [2.45, 2.75) is 25.5 Å². The van der Waals surface area contributed by atoms with Crippen molar-refractivity contribution in [3.8, 4) is 0 Å². The van der Waals surface area contributed by atoms with Crippen LogP contribution < -0.4 is 5.32 Å². The van der Waals surface area contributed by atoms with Crippen molar-refractivity contribution in [3.63, 3.8) is 0 Å². The standard InChI is InChI=1S/C16H17N3O5S/c1-10(15(20)19-12-4-7-25(22,23)9-12)24-16(21)11-2-3-13-14(8-11)18-6-5-17-13/h2-3,5-6,8,10,12H,4,7,9H2,1H3,(H,19,20)/t10-,12-/m1/s1. The summed E-state index contributed by atoms with van der Waals surface area (Å²) < 4.78 is 28.0. The number of carbonyl (C=O) groups excluding carboxylic acids is 2. The summed E-state index contributed by atoms with van der Waals surface area (Å²) in [6, 6.07) is 4.30. The molecule has 9 heteroatoms. The van der Waals surface area contributed by atoms with Crippen molar-refractivity contribution >= 4 is 32.7 Å². The van der Waals surface area contributed by atoms with E-state index in [-0.39, 0.29) is 17.1 Å². The molecule has 1 N–H and O–H groups in total. The highest BCUT2D eigenvalue weighted by Crippen LogP contribution is 2.14. The normalized spacial score (nSPS) is 20.1. The molecule has 25 heavy (non-hydrogen) atoms. The Morgan fingerprint density at radius 1 is 1.24 bits per heavy atom. The zero-order chi connectivity index (χ0) is 18.0. The smallest absolute Gasteiger partial charge is 0.338 e. The third-order valence-electron chi connectivity index (χ3n) is 3.94. The molecule has 3 rings (SSSR count). The van der Waals surface area contributed by atoms with Gasteiger partial charge >= 0.3 is 5.97 Å². The highest BCUT2D eigenvalue weighted by atomic mass is 32.2. The van der Waals surface area contributed by atoms with Crippen molar-refractivity contribution in [2.75, 3.05) is 11.5 Å². The van der Waals surface area contributed by atoms with Crippen LogP contribution in [0.3, 0.4) is 0 Å². The van der Waals surface area contributed by atoms with Crippen molar-refractivity contribution in [1.82, 2.24) is 15.3 Å². The first-order valence-corrected chi connectivity index (χ1v) is 9.59. The van der Waals surface area contributed by atoms with Crippen molar-refractivity contribution < 1.29 is 22.7 Å². The fourth-order valence-corrected chi connectivity index (χ4v) is 4.27. The van der Waals surface area contributed by atoms with E-state index < -0.39 is 33.9 Å². The van der Waals surface area contributed by atoms with E-state index in [1.54, 1.807) is 24.4 Å². The van der Waals surface area contributed by atoms with Gasteiger partial charge in [-0.25, -0.2) is 13.2 Å². The highest BCUT2D eigenvalue weighted by molar-refractivity contribution is 7.91. The SMILES string of the molecule is C[C@@H](OC(=O)c1ccc2nccnc2c1)C(=O)N[C@@H]1CCS(=O)(=O)C1. The largest absolute Gasteiger partial charge is 0.449 e. The van der Waals surface area contributed by atoms with E-state index in [0.29, 0.717) is 17.5 Å². The van der Waals surface area contributed by atoms with E-state index in [1.165, 1.54) is 13.1 Å². The number of hydrogen-bond donors (Lipinski definition) is 1. The van der Waals surface area contributed by atoms with Gasteiger partial charge in [0.05, 0.1) is 28.1 Å². The van der Waals surface area contributed by atoms with Crippen LogP contribution in [0.5, 0.6) is 0 Å². The van der Waals surface area contributed by atoms with E-state index in [0.717, 1.165) is 0 Å². The lowest BCUT2D eigenvalue weighted by Gasteiger charge is -2.16. The Bertz CT molecular complexity index is 928. The number of esters is 1. The molecular formula is C16H17N3O5S. The molecule has 8 nitrogen and oxygen atoms in total. The van der Waals surface area contributed by atoms with Gasteiger partial charge < -0.3 is 10.1 Å². The van der Waals surface area contributed by atoms with Crippen LogP contribution in [0, 0.1) is 0 Å². The number of nitrogens with zero attached hydrogens (tertiary/aromatic N) is 2. The Hall–Kier alpha value is -2.55. The van der Waals surface area contributed by atoms with Crippen LogP contribution in [0.25, 0.3) is 11.0 Å². The van der Waals surface area contributed by atoms with Crippen LogP contribution in [0.1, 0.15) is 23.7 Å². The molecule has 0 spiro atoms. The predicted octanol–water partition coefficient (Wildman–Crippen LogP) is 0.478. The molecule has 1 aliphatic rings. The van der Waals surface area contributed by atoms with Gasteiger partial charge in [-0.1, -0.05) is 0 Å². The maximum absolute atomic E-state index is 12.2. The Balaban J connectivity index is 1.62. The van der Waals surface area contributed by atoms with Crippen LogP contribution >= 0.6 is 0 Å². The molecule has 1 aliphatic heterocycles. The van der Waals surface area contributed by atoms with Crippen LogP contribution in [-0.4, -0.2) is 53.9 Å². The second-order valence-electron chi connectivity index (χ2n) is 5.92. The number of fused-ring (bicyclic) bond motifs is 1. The van der Waals surface area contributed by atoms with Crippen LogP contribution in [-0.2, 0) is 19.4 Å². The van der Waals surface area contributed by atoms with Crippen LogP contribution in [0.4, 0.5) is 0 Å². The molecule has 1 fully saturated rings. The molecule has 1 saturated heterocycles. The summed E-state index contributed by atoms with van der Waals surface area (Å²) in [4.78, 5) is 32.5. The molecule has 1 amide bonds. The summed E-state index contributed by atoms with van der Waals surface area (Å²) in [5.41, 5.74) is 1.45. The Morgan fingerprint density at radius 3 is 2.64 bits per heavy atom. The third-order valence-corrected chi connectivity index (χ3v) is 5.70. The number of amides is 1. The predicted molar refractivity (Wildman–Crippen MR) is 89.6 cm³/mol. The molecule has 132 valence electrons. The van der Waals surface area contributed by atoms with Gasteiger partial charge in [-0.2, -0.15) is 0 Å². The molecule has 1 aromatic heterocycles. The van der Waals surface area contributed by atoms with Gasteiger partial charge in [-0.3, -0.25) is 14.8 Å². The van der Waals surface area contributed by atoms with Crippen molar-refractivity contribution in [2.24, 2.45) is 0 Å². The number of carbonyl (C=O) groups is 2. The van der Waals surface area contributed by atoms with E-state index in [9.17, 15) is 18.0 Å². The topological polar surface area (TPSA) is 115 Å². The van der Waals surface area contributed by atoms with E-state index in [4.69, 9.17) is 4.74 Å². The molecule has 0 aliphatic carbocycles. The highest BCUT2D eigenvalue weighted by Gasteiger charge is 2.30. The van der Waals surface area contributed by atoms with Crippen LogP contribution in [0.15, 0.2) is 30.6 Å². The number of nitrogens with one attached hydrogen (secondary N) is 1. The molecule has 2 heterocycles. The molecule has 0 bridgehead atoms. The zero-order valence-electron chi connectivity index (χ0n) is 13.5. The molecule has 0 saturated carbocycles. The third kappa shape index (κ3) is 4.11. The van der Waals surface area contributed by atoms with Gasteiger partial charge in [-0.15, -0.1) is 0 Å². The number of ether oxygens (including phenoxy) is 1. The molecular weight excluding hydrogens is 346 g/mol. The summed E-state index contributed by atoms with van der Waals surface area (Å²) in [7, 11) is -3.09. The van der Waals surface area contributed by atoms with Gasteiger partial charge in [0.1, 0.15) is 0 Å². The lowest BCUT2D eigenvalue weighted by Crippen LogP contribution is -2.42. The lowest BCUT2D eigenvalue weighted by molar-refractivity contribution is -0.129. The van der Waals surface area contributed by atoms with Gasteiger partial charge in [0.25, 0.3) is 5.91 Å². The lowest BCUT2D eigenvalue weighted by atomic mass is 10.2. The Morgan fingerprint density at radius 2 is 1.96 bits per heavy atom. The number of aromatic nitrogens is 2. The first-order valence-electron chi connectivity index (χ1n) is 7.76. The van der Waals surface area contributed by atoms with E-state index in [2.05, 4.69) is 15.3 Å². The summed E-state index contributed by atoms with van der Waals surface area (Å²) in [5.74, 6) is -1.20. The minimum atomic E-state index is -3.09. The number of hydrogen-bond acceptors (Lipinski definition) is 7. The number of sulfone groups is 1. The molecule has 2 atom stereocenters. The zero-order valence-corrected chi connectivity index (χ0v) is 14.3. The summed E-state index contributed by atoms with van der Waals surface area (Å²) in [6.07, 6.45) is 2.41.